The van der Waals surface area contributed by atoms with Crippen molar-refractivity contribution >= 4 is 5.91 Å². The normalized spacial score (nSPS) is 9.48. The summed E-state index contributed by atoms with van der Waals surface area (Å²) in [6, 6.07) is 6.84. The number of hydrogen-bond donors (Lipinski definition) is 2. The average Bonchev–Trinajstić information content (AvgIpc) is 2.51. The third-order valence-corrected chi connectivity index (χ3v) is 3.12. The van der Waals surface area contributed by atoms with Crippen LogP contribution >= 0.6 is 0 Å². The van der Waals surface area contributed by atoms with Crippen molar-refractivity contribution in [3.05, 3.63) is 24.3 Å². The molecule has 120 valence electrons. The third-order valence-electron chi connectivity index (χ3n) is 3.12. The third kappa shape index (κ3) is 10.7. The van der Waals surface area contributed by atoms with E-state index in [9.17, 15) is 4.79 Å². The Morgan fingerprint density at radius 2 is 1.76 bits per heavy atom. The van der Waals surface area contributed by atoms with Gasteiger partial charge in [-0.1, -0.05) is 51.2 Å². The van der Waals surface area contributed by atoms with Crippen LogP contribution in [0.25, 0.3) is 0 Å². The van der Waals surface area contributed by atoms with Crippen LogP contribution in [0.1, 0.15) is 51.9 Å². The van der Waals surface area contributed by atoms with Crippen molar-refractivity contribution in [1.82, 2.24) is 5.32 Å². The molecule has 1 amide bonds. The zero-order chi connectivity index (χ0) is 15.9. The number of amides is 1. The zero-order valence-corrected chi connectivity index (χ0v) is 13.5. The number of para-hydroxylation sites is 2. The first-order valence-electron chi connectivity index (χ1n) is 7.68. The van der Waals surface area contributed by atoms with E-state index >= 15 is 0 Å². The Kier molecular flexibility index (Phi) is 12.2. The Balaban J connectivity index is 0.000000394. The lowest BCUT2D eigenvalue weighted by Gasteiger charge is -1.99. The number of unbranched alkanes of at least 4 members (excludes halogenated alkanes) is 5. The van der Waals surface area contributed by atoms with Crippen LogP contribution in [-0.4, -0.2) is 25.2 Å². The lowest BCUT2D eigenvalue weighted by Crippen LogP contribution is -2.16. The standard InChI is InChI=1S/C10H21NO.C7H8O2/c1-3-4-5-6-7-8-9-10(12)11-2;1-9-7-5-3-2-4-6(7)8/h3-9H2,1-2H3,(H,11,12);2-5,8H,1H3. The Labute approximate surface area is 128 Å². The molecule has 1 rings (SSSR count). The minimum absolute atomic E-state index is 0.172. The molecule has 0 spiro atoms. The van der Waals surface area contributed by atoms with Crippen molar-refractivity contribution in [1.29, 1.82) is 0 Å². The van der Waals surface area contributed by atoms with Gasteiger partial charge in [-0.05, 0) is 18.6 Å². The molecule has 1 aromatic carbocycles. The monoisotopic (exact) mass is 295 g/mol. The number of phenolic OH excluding ortho intramolecular Hbond substituents is 1. The van der Waals surface area contributed by atoms with Crippen molar-refractivity contribution < 1.29 is 14.6 Å². The van der Waals surface area contributed by atoms with Gasteiger partial charge in [0.15, 0.2) is 11.5 Å². The number of ether oxygens (including phenoxy) is 1. The summed E-state index contributed by atoms with van der Waals surface area (Å²) in [4.78, 5) is 10.8. The number of carbonyl (C=O) groups is 1. The van der Waals surface area contributed by atoms with E-state index < -0.39 is 0 Å². The average molecular weight is 295 g/mol. The van der Waals surface area contributed by atoms with Gasteiger partial charge in [-0.2, -0.15) is 0 Å². The fraction of sp³-hybridized carbons (Fsp3) is 0.588. The maximum atomic E-state index is 10.8. The molecule has 4 heteroatoms. The number of nitrogens with one attached hydrogen (secondary N) is 1. The van der Waals surface area contributed by atoms with E-state index in [1.165, 1.54) is 39.2 Å². The van der Waals surface area contributed by atoms with Gasteiger partial charge in [0.2, 0.25) is 5.91 Å². The predicted octanol–water partition coefficient (Wildman–Crippen LogP) is 3.88. The highest BCUT2D eigenvalue weighted by Gasteiger charge is 1.96. The van der Waals surface area contributed by atoms with Gasteiger partial charge in [0.05, 0.1) is 7.11 Å². The minimum Gasteiger partial charge on any atom is -0.504 e. The zero-order valence-electron chi connectivity index (χ0n) is 13.5. The molecule has 0 aliphatic heterocycles. The van der Waals surface area contributed by atoms with E-state index in [1.54, 1.807) is 31.3 Å². The van der Waals surface area contributed by atoms with Gasteiger partial charge in [0.25, 0.3) is 0 Å². The number of aromatic hydroxyl groups is 1. The molecule has 0 saturated carbocycles. The summed E-state index contributed by atoms with van der Waals surface area (Å²) in [5.41, 5.74) is 0. The maximum Gasteiger partial charge on any atom is 0.219 e. The van der Waals surface area contributed by atoms with Crippen molar-refractivity contribution in [2.24, 2.45) is 0 Å². The summed E-state index contributed by atoms with van der Waals surface area (Å²) in [5.74, 6) is 0.864. The summed E-state index contributed by atoms with van der Waals surface area (Å²) in [5, 5.41) is 11.6. The molecule has 2 N–H and O–H groups in total. The van der Waals surface area contributed by atoms with Crippen LogP contribution in [0.3, 0.4) is 0 Å². The molecule has 4 nitrogen and oxygen atoms in total. The summed E-state index contributed by atoms with van der Waals surface area (Å²) < 4.78 is 4.79. The number of benzene rings is 1. The first-order chi connectivity index (χ1) is 10.2. The molecular weight excluding hydrogens is 266 g/mol. The number of rotatable bonds is 8. The second-order valence-electron chi connectivity index (χ2n) is 4.86. The van der Waals surface area contributed by atoms with Crippen LogP contribution in [-0.2, 0) is 4.79 Å². The van der Waals surface area contributed by atoms with E-state index in [2.05, 4.69) is 12.2 Å². The van der Waals surface area contributed by atoms with Gasteiger partial charge < -0.3 is 15.2 Å². The van der Waals surface area contributed by atoms with Gasteiger partial charge in [-0.15, -0.1) is 0 Å². The molecule has 0 saturated heterocycles. The fourth-order valence-electron chi connectivity index (χ4n) is 1.82. The van der Waals surface area contributed by atoms with Crippen molar-refractivity contribution in [3.8, 4) is 11.5 Å². The van der Waals surface area contributed by atoms with Gasteiger partial charge in [0.1, 0.15) is 0 Å². The van der Waals surface area contributed by atoms with Crippen molar-refractivity contribution in [2.45, 2.75) is 51.9 Å². The molecule has 1 aromatic rings. The number of methoxy groups -OCH3 is 1. The van der Waals surface area contributed by atoms with Crippen LogP contribution in [0.15, 0.2) is 24.3 Å². The number of carbonyl (C=O) groups excluding carboxylic acids is 1. The Morgan fingerprint density at radius 1 is 1.14 bits per heavy atom. The molecule has 0 heterocycles. The van der Waals surface area contributed by atoms with Crippen molar-refractivity contribution in [3.63, 3.8) is 0 Å². The molecular formula is C17H29NO3. The van der Waals surface area contributed by atoms with E-state index in [0.717, 1.165) is 6.42 Å². The molecule has 0 atom stereocenters. The Bertz CT molecular complexity index is 380. The second kappa shape index (κ2) is 13.3. The van der Waals surface area contributed by atoms with Gasteiger partial charge >= 0.3 is 0 Å². The SMILES string of the molecule is CCCCCCCCC(=O)NC.COc1ccccc1O. The van der Waals surface area contributed by atoms with Crippen LogP contribution in [0, 0.1) is 0 Å². The largest absolute Gasteiger partial charge is 0.504 e. The van der Waals surface area contributed by atoms with Crippen LogP contribution in [0.4, 0.5) is 0 Å². The van der Waals surface area contributed by atoms with Gasteiger partial charge in [-0.3, -0.25) is 4.79 Å². The van der Waals surface area contributed by atoms with E-state index in [4.69, 9.17) is 9.84 Å². The molecule has 0 unspecified atom stereocenters. The second-order valence-corrected chi connectivity index (χ2v) is 4.86. The molecule has 0 aliphatic carbocycles. The first kappa shape index (κ1) is 19.3. The summed E-state index contributed by atoms with van der Waals surface area (Å²) in [6.07, 6.45) is 8.17. The van der Waals surface area contributed by atoms with Gasteiger partial charge in [0, 0.05) is 13.5 Å². The number of hydrogen-bond acceptors (Lipinski definition) is 3. The number of phenols is 1. The summed E-state index contributed by atoms with van der Waals surface area (Å²) >= 11 is 0. The van der Waals surface area contributed by atoms with Crippen LogP contribution < -0.4 is 10.1 Å². The summed E-state index contributed by atoms with van der Waals surface area (Å²) in [7, 11) is 3.22. The highest BCUT2D eigenvalue weighted by atomic mass is 16.5. The highest BCUT2D eigenvalue weighted by Crippen LogP contribution is 2.23. The molecule has 0 bridgehead atoms. The molecule has 0 aromatic heterocycles. The van der Waals surface area contributed by atoms with E-state index in [-0.39, 0.29) is 11.7 Å². The molecule has 0 aliphatic rings. The van der Waals surface area contributed by atoms with Gasteiger partial charge in [-0.25, -0.2) is 0 Å². The molecule has 0 radical (unpaired) electrons. The smallest absolute Gasteiger partial charge is 0.219 e. The van der Waals surface area contributed by atoms with E-state index in [0.29, 0.717) is 12.2 Å². The van der Waals surface area contributed by atoms with E-state index in [1.807, 2.05) is 0 Å². The summed E-state index contributed by atoms with van der Waals surface area (Å²) in [6.45, 7) is 2.21. The highest BCUT2D eigenvalue weighted by molar-refractivity contribution is 5.75. The Morgan fingerprint density at radius 3 is 2.29 bits per heavy atom. The fourth-order valence-corrected chi connectivity index (χ4v) is 1.82. The lowest BCUT2D eigenvalue weighted by molar-refractivity contribution is -0.120. The maximum absolute atomic E-state index is 10.8. The quantitative estimate of drug-likeness (QED) is 0.715. The lowest BCUT2D eigenvalue weighted by atomic mass is 10.1. The topological polar surface area (TPSA) is 58.6 Å². The minimum atomic E-state index is 0.172. The molecule has 21 heavy (non-hydrogen) atoms. The predicted molar refractivity (Wildman–Crippen MR) is 86.7 cm³/mol. The first-order valence-corrected chi connectivity index (χ1v) is 7.68. The Hall–Kier alpha value is -1.71. The van der Waals surface area contributed by atoms with Crippen molar-refractivity contribution in [2.75, 3.05) is 14.2 Å². The molecule has 0 fully saturated rings. The van der Waals surface area contributed by atoms with Crippen LogP contribution in [0.5, 0.6) is 11.5 Å². The van der Waals surface area contributed by atoms with Crippen LogP contribution in [0.2, 0.25) is 0 Å².